The molecule has 1 aromatic rings. The third kappa shape index (κ3) is 5.89. The highest BCUT2D eigenvalue weighted by molar-refractivity contribution is 5.97. The van der Waals surface area contributed by atoms with Gasteiger partial charge in [0.2, 0.25) is 5.91 Å². The zero-order valence-corrected chi connectivity index (χ0v) is 16.0. The van der Waals surface area contributed by atoms with Crippen molar-refractivity contribution in [2.45, 2.75) is 33.4 Å². The highest BCUT2D eigenvalue weighted by atomic mass is 19.3. The Morgan fingerprint density at radius 3 is 2.33 bits per heavy atom. The second-order valence-corrected chi connectivity index (χ2v) is 7.02. The molecular formula is C19H27F2N3O3. The van der Waals surface area contributed by atoms with Crippen LogP contribution in [-0.2, 0) is 4.79 Å². The Balaban J connectivity index is 1.94. The van der Waals surface area contributed by atoms with Crippen molar-refractivity contribution in [3.63, 3.8) is 0 Å². The summed E-state index contributed by atoms with van der Waals surface area (Å²) in [6, 6.07) is 5.72. The molecular weight excluding hydrogens is 356 g/mol. The zero-order valence-electron chi connectivity index (χ0n) is 16.0. The van der Waals surface area contributed by atoms with Gasteiger partial charge in [0.25, 0.3) is 5.91 Å². The topological polar surface area (TPSA) is 61.9 Å². The van der Waals surface area contributed by atoms with Gasteiger partial charge in [-0.25, -0.2) is 0 Å². The molecule has 2 amide bonds. The lowest BCUT2D eigenvalue weighted by atomic mass is 10.1. The number of hydrogen-bond acceptors (Lipinski definition) is 4. The van der Waals surface area contributed by atoms with Crippen LogP contribution in [0.15, 0.2) is 24.3 Å². The Hall–Kier alpha value is -2.22. The molecule has 0 aliphatic carbocycles. The first-order valence-corrected chi connectivity index (χ1v) is 9.14. The number of benzene rings is 1. The lowest BCUT2D eigenvalue weighted by Gasteiger charge is -2.37. The van der Waals surface area contributed by atoms with Gasteiger partial charge in [0, 0.05) is 32.7 Å². The van der Waals surface area contributed by atoms with Crippen molar-refractivity contribution in [2.75, 3.05) is 32.7 Å². The number of piperazine rings is 1. The van der Waals surface area contributed by atoms with Crippen LogP contribution in [0.4, 0.5) is 8.78 Å². The molecule has 1 fully saturated rings. The Morgan fingerprint density at radius 2 is 1.74 bits per heavy atom. The lowest BCUT2D eigenvalue weighted by molar-refractivity contribution is -0.126. The Kier molecular flexibility index (Phi) is 7.53. The van der Waals surface area contributed by atoms with Gasteiger partial charge in [-0.3, -0.25) is 14.5 Å². The fourth-order valence-electron chi connectivity index (χ4n) is 2.94. The summed E-state index contributed by atoms with van der Waals surface area (Å²) in [5.41, 5.74) is 0.119. The minimum absolute atomic E-state index is 0.0286. The first-order chi connectivity index (χ1) is 12.8. The van der Waals surface area contributed by atoms with Crippen LogP contribution in [0.5, 0.6) is 5.75 Å². The monoisotopic (exact) mass is 383 g/mol. The van der Waals surface area contributed by atoms with E-state index in [1.807, 2.05) is 25.7 Å². The van der Waals surface area contributed by atoms with E-state index in [4.69, 9.17) is 0 Å². The van der Waals surface area contributed by atoms with Crippen molar-refractivity contribution in [2.24, 2.45) is 5.92 Å². The molecule has 6 nitrogen and oxygen atoms in total. The minimum atomic E-state index is -2.99. The predicted octanol–water partition coefficient (Wildman–Crippen LogP) is 2.21. The number of rotatable bonds is 7. The molecule has 150 valence electrons. The highest BCUT2D eigenvalue weighted by Crippen LogP contribution is 2.22. The van der Waals surface area contributed by atoms with Gasteiger partial charge in [-0.1, -0.05) is 26.0 Å². The summed E-state index contributed by atoms with van der Waals surface area (Å²) in [6.45, 7) is 5.48. The van der Waals surface area contributed by atoms with E-state index in [0.29, 0.717) is 38.6 Å². The zero-order chi connectivity index (χ0) is 20.0. The molecule has 2 rings (SSSR count). The standard InChI is InChI=1S/C19H27F2N3O3/c1-13(2)12-22-17(25)14(3)23-8-10-24(11-9-23)18(26)15-6-4-5-7-16(15)27-19(20)21/h4-7,13-14,19H,8-12H2,1-3H3,(H,22,25). The maximum atomic E-state index is 12.7. The van der Waals surface area contributed by atoms with Gasteiger partial charge >= 0.3 is 6.61 Å². The summed E-state index contributed by atoms with van der Waals surface area (Å²) in [5.74, 6) is -0.116. The number of hydrogen-bond donors (Lipinski definition) is 1. The maximum Gasteiger partial charge on any atom is 0.387 e. The molecule has 1 aliphatic rings. The van der Waals surface area contributed by atoms with Crippen LogP contribution in [0.2, 0.25) is 0 Å². The van der Waals surface area contributed by atoms with Crippen LogP contribution in [0.1, 0.15) is 31.1 Å². The van der Waals surface area contributed by atoms with Gasteiger partial charge in [-0.2, -0.15) is 8.78 Å². The molecule has 8 heteroatoms. The van der Waals surface area contributed by atoms with Gasteiger partial charge in [-0.15, -0.1) is 0 Å². The van der Waals surface area contributed by atoms with E-state index in [2.05, 4.69) is 10.1 Å². The van der Waals surface area contributed by atoms with E-state index >= 15 is 0 Å². The van der Waals surface area contributed by atoms with Gasteiger partial charge in [0.05, 0.1) is 11.6 Å². The molecule has 1 atom stereocenters. The van der Waals surface area contributed by atoms with Crippen LogP contribution in [0.3, 0.4) is 0 Å². The molecule has 1 unspecified atom stereocenters. The molecule has 1 N–H and O–H groups in total. The number of halogens is 2. The largest absolute Gasteiger partial charge is 0.434 e. The SMILES string of the molecule is CC(C)CNC(=O)C(C)N1CCN(C(=O)c2ccccc2OC(F)F)CC1. The van der Waals surface area contributed by atoms with Gasteiger partial charge < -0.3 is 15.0 Å². The molecule has 0 bridgehead atoms. The Bertz CT molecular complexity index is 647. The van der Waals surface area contributed by atoms with Gasteiger partial charge in [-0.05, 0) is 25.0 Å². The minimum Gasteiger partial charge on any atom is -0.434 e. The van der Waals surface area contributed by atoms with Crippen molar-refractivity contribution in [3.05, 3.63) is 29.8 Å². The van der Waals surface area contributed by atoms with Crippen molar-refractivity contribution in [1.82, 2.24) is 15.1 Å². The first kappa shape index (κ1) is 21.1. The van der Waals surface area contributed by atoms with Crippen LogP contribution >= 0.6 is 0 Å². The van der Waals surface area contributed by atoms with E-state index < -0.39 is 6.61 Å². The Morgan fingerprint density at radius 1 is 1.11 bits per heavy atom. The number of carbonyl (C=O) groups is 2. The normalized spacial score (nSPS) is 16.5. The number of carbonyl (C=O) groups excluding carboxylic acids is 2. The second kappa shape index (κ2) is 9.64. The summed E-state index contributed by atoms with van der Waals surface area (Å²) in [6.07, 6.45) is 0. The first-order valence-electron chi connectivity index (χ1n) is 9.14. The summed E-state index contributed by atoms with van der Waals surface area (Å²) >= 11 is 0. The molecule has 0 aromatic heterocycles. The van der Waals surface area contributed by atoms with E-state index in [9.17, 15) is 18.4 Å². The number of nitrogens with zero attached hydrogens (tertiary/aromatic N) is 2. The van der Waals surface area contributed by atoms with Crippen LogP contribution < -0.4 is 10.1 Å². The van der Waals surface area contributed by atoms with E-state index in [0.717, 1.165) is 0 Å². The summed E-state index contributed by atoms with van der Waals surface area (Å²) < 4.78 is 29.5. The number of alkyl halides is 2. The lowest BCUT2D eigenvalue weighted by Crippen LogP contribution is -2.55. The van der Waals surface area contributed by atoms with Gasteiger partial charge in [0.1, 0.15) is 5.75 Å². The number of ether oxygens (including phenoxy) is 1. The maximum absolute atomic E-state index is 12.7. The number of nitrogens with one attached hydrogen (secondary N) is 1. The molecule has 1 saturated heterocycles. The quantitative estimate of drug-likeness (QED) is 0.784. The third-order valence-electron chi connectivity index (χ3n) is 4.55. The fourth-order valence-corrected chi connectivity index (χ4v) is 2.94. The van der Waals surface area contributed by atoms with Gasteiger partial charge in [0.15, 0.2) is 0 Å². The number of para-hydroxylation sites is 1. The molecule has 0 saturated carbocycles. The summed E-state index contributed by atoms with van der Waals surface area (Å²) in [4.78, 5) is 28.5. The molecule has 0 spiro atoms. The van der Waals surface area contributed by atoms with Crippen LogP contribution in [-0.4, -0.2) is 67.0 Å². The van der Waals surface area contributed by atoms with Crippen LogP contribution in [0, 0.1) is 5.92 Å². The third-order valence-corrected chi connectivity index (χ3v) is 4.55. The number of amides is 2. The molecule has 1 heterocycles. The summed E-state index contributed by atoms with van der Waals surface area (Å²) in [5, 5.41) is 2.92. The average molecular weight is 383 g/mol. The molecule has 27 heavy (non-hydrogen) atoms. The second-order valence-electron chi connectivity index (χ2n) is 7.02. The fraction of sp³-hybridized carbons (Fsp3) is 0.579. The highest BCUT2D eigenvalue weighted by Gasteiger charge is 2.29. The van der Waals surface area contributed by atoms with Crippen molar-refractivity contribution >= 4 is 11.8 Å². The van der Waals surface area contributed by atoms with Crippen molar-refractivity contribution < 1.29 is 23.1 Å². The van der Waals surface area contributed by atoms with E-state index in [-0.39, 0.29) is 29.2 Å². The summed E-state index contributed by atoms with van der Waals surface area (Å²) in [7, 11) is 0. The molecule has 1 aromatic carbocycles. The van der Waals surface area contributed by atoms with Crippen LogP contribution in [0.25, 0.3) is 0 Å². The Labute approximate surface area is 158 Å². The van der Waals surface area contributed by atoms with E-state index in [1.54, 1.807) is 17.0 Å². The average Bonchev–Trinajstić information content (AvgIpc) is 2.65. The van der Waals surface area contributed by atoms with E-state index in [1.165, 1.54) is 12.1 Å². The predicted molar refractivity (Wildman–Crippen MR) is 97.9 cm³/mol. The molecule has 1 aliphatic heterocycles. The van der Waals surface area contributed by atoms with Crippen molar-refractivity contribution in [3.8, 4) is 5.75 Å². The smallest absolute Gasteiger partial charge is 0.387 e. The molecule has 0 radical (unpaired) electrons. The van der Waals surface area contributed by atoms with Crippen molar-refractivity contribution in [1.29, 1.82) is 0 Å².